The van der Waals surface area contributed by atoms with Crippen molar-refractivity contribution < 1.29 is 23.8 Å². The van der Waals surface area contributed by atoms with Gasteiger partial charge in [0.15, 0.2) is 0 Å². The van der Waals surface area contributed by atoms with Crippen molar-refractivity contribution in [2.24, 2.45) is 0 Å². The molecule has 1 atom stereocenters. The number of esters is 1. The molecular formula is C29H30N2O5. The second kappa shape index (κ2) is 10.6. The molecule has 2 N–H and O–H groups in total. The maximum absolute atomic E-state index is 13.3. The number of benzene rings is 3. The summed E-state index contributed by atoms with van der Waals surface area (Å²) in [5, 5.41) is 5.66. The zero-order valence-corrected chi connectivity index (χ0v) is 21.0. The Kier molecular flexibility index (Phi) is 7.29. The van der Waals surface area contributed by atoms with Crippen LogP contribution in [0.3, 0.4) is 0 Å². The van der Waals surface area contributed by atoms with E-state index < -0.39 is 18.0 Å². The molecule has 36 heavy (non-hydrogen) atoms. The Balaban J connectivity index is 1.72. The molecule has 0 bridgehead atoms. The third-order valence-electron chi connectivity index (χ3n) is 6.01. The summed E-state index contributed by atoms with van der Waals surface area (Å²) < 4.78 is 16.9. The molecule has 1 heterocycles. The molecule has 0 spiro atoms. The minimum Gasteiger partial charge on any atom is -0.497 e. The van der Waals surface area contributed by atoms with Crippen LogP contribution in [0, 0.1) is 13.8 Å². The first-order valence-corrected chi connectivity index (χ1v) is 11.8. The summed E-state index contributed by atoms with van der Waals surface area (Å²) in [5.74, 6) is 1.59. The van der Waals surface area contributed by atoms with Crippen molar-refractivity contribution in [3.05, 3.63) is 94.6 Å². The molecule has 0 aliphatic carbocycles. The summed E-state index contributed by atoms with van der Waals surface area (Å²) in [4.78, 5) is 25.9. The molecule has 186 valence electrons. The number of methoxy groups -OCH3 is 1. The number of rotatable bonds is 7. The fraction of sp³-hybridized carbons (Fsp3) is 0.241. The van der Waals surface area contributed by atoms with Crippen LogP contribution in [0.5, 0.6) is 17.2 Å². The molecule has 0 saturated carbocycles. The van der Waals surface area contributed by atoms with Crippen molar-refractivity contribution in [2.45, 2.75) is 39.8 Å². The van der Waals surface area contributed by atoms with E-state index in [-0.39, 0.29) is 6.10 Å². The van der Waals surface area contributed by atoms with Gasteiger partial charge in [0, 0.05) is 0 Å². The van der Waals surface area contributed by atoms with Gasteiger partial charge in [-0.1, -0.05) is 24.3 Å². The molecule has 1 aliphatic rings. The van der Waals surface area contributed by atoms with E-state index in [0.717, 1.165) is 22.4 Å². The first-order valence-electron chi connectivity index (χ1n) is 11.8. The van der Waals surface area contributed by atoms with Crippen LogP contribution in [-0.2, 0) is 9.53 Å². The van der Waals surface area contributed by atoms with Gasteiger partial charge in [-0.15, -0.1) is 0 Å². The highest BCUT2D eigenvalue weighted by molar-refractivity contribution is 6.04. The Bertz CT molecular complexity index is 1290. The predicted molar refractivity (Wildman–Crippen MR) is 138 cm³/mol. The van der Waals surface area contributed by atoms with E-state index in [0.29, 0.717) is 28.3 Å². The molecule has 0 saturated heterocycles. The van der Waals surface area contributed by atoms with Gasteiger partial charge in [0.2, 0.25) is 0 Å². The van der Waals surface area contributed by atoms with E-state index in [9.17, 15) is 9.59 Å². The minimum atomic E-state index is -0.711. The standard InChI is InChI=1S/C29H30N2O5/c1-17(2)35-28(32)25-26(20-9-13-22(34-5)14-10-20)30-29(33)31-27(25)21-11-15-23(16-12-21)36-24-8-6-7-18(3)19(24)4/h6-17,27H,1-5H3,(H2,30,31,33). The second-order valence-electron chi connectivity index (χ2n) is 8.87. The van der Waals surface area contributed by atoms with Gasteiger partial charge in [-0.05, 0) is 92.4 Å². The number of ether oxygens (including phenoxy) is 3. The third kappa shape index (κ3) is 5.35. The fourth-order valence-corrected chi connectivity index (χ4v) is 3.99. The summed E-state index contributed by atoms with van der Waals surface area (Å²) in [7, 11) is 1.58. The smallest absolute Gasteiger partial charge is 0.338 e. The summed E-state index contributed by atoms with van der Waals surface area (Å²) in [6.45, 7) is 7.63. The predicted octanol–water partition coefficient (Wildman–Crippen LogP) is 5.82. The van der Waals surface area contributed by atoms with Crippen LogP contribution in [0.15, 0.2) is 72.3 Å². The Labute approximate surface area is 211 Å². The van der Waals surface area contributed by atoms with Gasteiger partial charge < -0.3 is 24.8 Å². The molecule has 7 nitrogen and oxygen atoms in total. The zero-order valence-electron chi connectivity index (χ0n) is 21.0. The van der Waals surface area contributed by atoms with Gasteiger partial charge in [0.1, 0.15) is 17.2 Å². The average molecular weight is 487 g/mol. The van der Waals surface area contributed by atoms with Gasteiger partial charge in [0.05, 0.1) is 30.5 Å². The summed E-state index contributed by atoms with van der Waals surface area (Å²) in [6, 6.07) is 19.2. The highest BCUT2D eigenvalue weighted by Gasteiger charge is 2.34. The maximum atomic E-state index is 13.3. The van der Waals surface area contributed by atoms with Crippen molar-refractivity contribution >= 4 is 17.7 Å². The number of carbonyl (C=O) groups excluding carboxylic acids is 2. The lowest BCUT2D eigenvalue weighted by molar-refractivity contribution is -0.143. The zero-order chi connectivity index (χ0) is 25.8. The minimum absolute atomic E-state index is 0.316. The SMILES string of the molecule is COc1ccc(C2=C(C(=O)OC(C)C)C(c3ccc(Oc4cccc(C)c4C)cc3)NC(=O)N2)cc1. The van der Waals surface area contributed by atoms with E-state index in [4.69, 9.17) is 14.2 Å². The number of aryl methyl sites for hydroxylation is 1. The van der Waals surface area contributed by atoms with Gasteiger partial charge in [-0.3, -0.25) is 0 Å². The van der Waals surface area contributed by atoms with Gasteiger partial charge in [0.25, 0.3) is 0 Å². The van der Waals surface area contributed by atoms with Gasteiger partial charge in [-0.2, -0.15) is 0 Å². The molecule has 2 amide bonds. The van der Waals surface area contributed by atoms with Crippen molar-refractivity contribution in [3.63, 3.8) is 0 Å². The Hall–Kier alpha value is -4.26. The van der Waals surface area contributed by atoms with E-state index >= 15 is 0 Å². The van der Waals surface area contributed by atoms with E-state index in [2.05, 4.69) is 10.6 Å². The molecule has 3 aromatic carbocycles. The number of urea groups is 1. The second-order valence-corrected chi connectivity index (χ2v) is 8.87. The average Bonchev–Trinajstić information content (AvgIpc) is 2.86. The van der Waals surface area contributed by atoms with Crippen molar-refractivity contribution in [1.29, 1.82) is 0 Å². The van der Waals surface area contributed by atoms with Crippen LogP contribution < -0.4 is 20.1 Å². The highest BCUT2D eigenvalue weighted by Crippen LogP contribution is 2.34. The van der Waals surface area contributed by atoms with Crippen LogP contribution in [0.1, 0.15) is 42.1 Å². The number of carbonyl (C=O) groups is 2. The molecular weight excluding hydrogens is 456 g/mol. The fourth-order valence-electron chi connectivity index (χ4n) is 3.99. The summed E-state index contributed by atoms with van der Waals surface area (Å²) in [6.07, 6.45) is -0.325. The number of amides is 2. The van der Waals surface area contributed by atoms with Crippen molar-refractivity contribution in [3.8, 4) is 17.2 Å². The molecule has 7 heteroatoms. The largest absolute Gasteiger partial charge is 0.497 e. The molecule has 1 unspecified atom stereocenters. The van der Waals surface area contributed by atoms with Crippen LogP contribution in [0.25, 0.3) is 5.70 Å². The van der Waals surface area contributed by atoms with Crippen LogP contribution >= 0.6 is 0 Å². The molecule has 0 aromatic heterocycles. The normalized spacial score (nSPS) is 15.3. The lowest BCUT2D eigenvalue weighted by Crippen LogP contribution is -2.45. The quantitative estimate of drug-likeness (QED) is 0.411. The first-order chi connectivity index (χ1) is 17.3. The van der Waals surface area contributed by atoms with Crippen molar-refractivity contribution in [2.75, 3.05) is 7.11 Å². The lowest BCUT2D eigenvalue weighted by Gasteiger charge is -2.30. The number of hydrogen-bond donors (Lipinski definition) is 2. The topological polar surface area (TPSA) is 85.9 Å². The van der Waals surface area contributed by atoms with Crippen LogP contribution in [0.4, 0.5) is 4.79 Å². The Morgan fingerprint density at radius 1 is 0.917 bits per heavy atom. The number of hydrogen-bond acceptors (Lipinski definition) is 5. The monoisotopic (exact) mass is 486 g/mol. The molecule has 3 aromatic rings. The highest BCUT2D eigenvalue weighted by atomic mass is 16.5. The lowest BCUT2D eigenvalue weighted by atomic mass is 9.92. The first kappa shape index (κ1) is 24.9. The molecule has 1 aliphatic heterocycles. The maximum Gasteiger partial charge on any atom is 0.338 e. The van der Waals surface area contributed by atoms with Crippen LogP contribution in [-0.4, -0.2) is 25.2 Å². The molecule has 0 radical (unpaired) electrons. The van der Waals surface area contributed by atoms with Gasteiger partial charge in [-0.25, -0.2) is 9.59 Å². The van der Waals surface area contributed by atoms with Crippen LogP contribution in [0.2, 0.25) is 0 Å². The summed E-state index contributed by atoms with van der Waals surface area (Å²) >= 11 is 0. The van der Waals surface area contributed by atoms with E-state index in [1.807, 2.05) is 56.3 Å². The Morgan fingerprint density at radius 3 is 2.22 bits per heavy atom. The number of nitrogens with one attached hydrogen (secondary N) is 2. The van der Waals surface area contributed by atoms with Crippen molar-refractivity contribution in [1.82, 2.24) is 10.6 Å². The van der Waals surface area contributed by atoms with Gasteiger partial charge >= 0.3 is 12.0 Å². The molecule has 0 fully saturated rings. The Morgan fingerprint density at radius 2 is 1.58 bits per heavy atom. The van der Waals surface area contributed by atoms with E-state index in [1.165, 1.54) is 0 Å². The third-order valence-corrected chi connectivity index (χ3v) is 6.01. The summed E-state index contributed by atoms with van der Waals surface area (Å²) in [5.41, 5.74) is 4.31. The molecule has 4 rings (SSSR count). The van der Waals surface area contributed by atoms with E-state index in [1.54, 1.807) is 45.2 Å².